The first-order valence-electron chi connectivity index (χ1n) is 6.01. The molecule has 0 unspecified atom stereocenters. The summed E-state index contributed by atoms with van der Waals surface area (Å²) in [5.74, 6) is 0.500. The first-order chi connectivity index (χ1) is 7.85. The largest absolute Gasteiger partial charge is 0.370 e. The monoisotopic (exact) mass is 359 g/mol. The van der Waals surface area contributed by atoms with Crippen LogP contribution in [0.2, 0.25) is 0 Å². The summed E-state index contributed by atoms with van der Waals surface area (Å²) in [5.41, 5.74) is 7.37. The molecular weight excluding hydrogens is 337 g/mol. The van der Waals surface area contributed by atoms with Crippen molar-refractivity contribution in [1.29, 1.82) is 0 Å². The lowest BCUT2D eigenvalue weighted by Crippen LogP contribution is -2.23. The Balaban J connectivity index is 0.00000162. The molecule has 0 aliphatic heterocycles. The number of anilines is 1. The Kier molecular flexibility index (Phi) is 4.30. The number of hydrogen-bond donors (Lipinski definition) is 2. The van der Waals surface area contributed by atoms with Gasteiger partial charge >= 0.3 is 0 Å². The van der Waals surface area contributed by atoms with Gasteiger partial charge in [0.2, 0.25) is 0 Å². The number of halogens is 1. The minimum absolute atomic E-state index is 0. The van der Waals surface area contributed by atoms with E-state index in [1.54, 1.807) is 0 Å². The molecule has 4 heteroatoms. The first-order valence-corrected chi connectivity index (χ1v) is 6.01. The van der Waals surface area contributed by atoms with E-state index in [1.165, 1.54) is 0 Å². The third kappa shape index (κ3) is 2.63. The van der Waals surface area contributed by atoms with Gasteiger partial charge in [-0.2, -0.15) is 0 Å². The normalized spacial score (nSPS) is 21.0. The van der Waals surface area contributed by atoms with Gasteiger partial charge in [0.05, 0.1) is 6.04 Å². The fraction of sp³-hybridized carbons (Fsp3) is 0.500. The van der Waals surface area contributed by atoms with E-state index < -0.39 is 0 Å². The van der Waals surface area contributed by atoms with Crippen molar-refractivity contribution < 1.29 is 0 Å². The van der Waals surface area contributed by atoms with Gasteiger partial charge in [-0.25, -0.2) is 4.99 Å². The summed E-state index contributed by atoms with van der Waals surface area (Å²) < 4.78 is 0. The standard InChI is InChI=1S/C14H21N3.HI/c1-13(2)11(14(13,3)4)17-12(15)16-10-8-6-5-7-9-10;/h5-9,11H,1-4H3,(H3,15,16,17);1H. The van der Waals surface area contributed by atoms with E-state index in [4.69, 9.17) is 5.73 Å². The average molecular weight is 359 g/mol. The van der Waals surface area contributed by atoms with Gasteiger partial charge in [0.25, 0.3) is 0 Å². The number of hydrogen-bond acceptors (Lipinski definition) is 1. The van der Waals surface area contributed by atoms with Gasteiger partial charge in [-0.05, 0) is 23.0 Å². The molecule has 0 spiro atoms. The third-order valence-corrected chi connectivity index (χ3v) is 4.26. The zero-order valence-electron chi connectivity index (χ0n) is 11.4. The second kappa shape index (κ2) is 5.07. The van der Waals surface area contributed by atoms with Crippen LogP contribution >= 0.6 is 24.0 Å². The maximum atomic E-state index is 5.93. The molecule has 0 amide bonds. The molecule has 100 valence electrons. The van der Waals surface area contributed by atoms with Gasteiger partial charge in [0.15, 0.2) is 5.96 Å². The highest BCUT2D eigenvalue weighted by atomic mass is 127. The molecule has 1 aromatic rings. The zero-order chi connectivity index (χ0) is 12.7. The summed E-state index contributed by atoms with van der Waals surface area (Å²) in [6.07, 6.45) is 0. The van der Waals surface area contributed by atoms with Crippen LogP contribution in [-0.4, -0.2) is 12.0 Å². The summed E-state index contributed by atoms with van der Waals surface area (Å²) in [7, 11) is 0. The lowest BCUT2D eigenvalue weighted by molar-refractivity contribution is 0.457. The zero-order valence-corrected chi connectivity index (χ0v) is 13.7. The predicted molar refractivity (Wildman–Crippen MR) is 88.5 cm³/mol. The van der Waals surface area contributed by atoms with Crippen LogP contribution in [0.3, 0.4) is 0 Å². The van der Waals surface area contributed by atoms with Gasteiger partial charge in [-0.1, -0.05) is 45.9 Å². The van der Waals surface area contributed by atoms with Crippen LogP contribution in [-0.2, 0) is 0 Å². The molecule has 0 heterocycles. The van der Waals surface area contributed by atoms with Crippen molar-refractivity contribution in [3.05, 3.63) is 30.3 Å². The second-order valence-corrected chi connectivity index (χ2v) is 5.85. The average Bonchev–Trinajstić information content (AvgIpc) is 2.62. The van der Waals surface area contributed by atoms with Crippen LogP contribution in [0.1, 0.15) is 27.7 Å². The summed E-state index contributed by atoms with van der Waals surface area (Å²) in [5, 5.41) is 3.12. The predicted octanol–water partition coefficient (Wildman–Crippen LogP) is 3.47. The van der Waals surface area contributed by atoms with Crippen LogP contribution in [0.4, 0.5) is 5.69 Å². The van der Waals surface area contributed by atoms with Crippen molar-refractivity contribution in [3.8, 4) is 0 Å². The molecule has 0 bridgehead atoms. The van der Waals surface area contributed by atoms with E-state index in [2.05, 4.69) is 38.0 Å². The molecule has 0 atom stereocenters. The van der Waals surface area contributed by atoms with E-state index in [1.807, 2.05) is 30.3 Å². The first kappa shape index (κ1) is 15.3. The van der Waals surface area contributed by atoms with E-state index in [-0.39, 0.29) is 34.8 Å². The Morgan fingerprint density at radius 3 is 2.06 bits per heavy atom. The number of guanidine groups is 1. The van der Waals surface area contributed by atoms with Crippen molar-refractivity contribution in [2.75, 3.05) is 5.32 Å². The van der Waals surface area contributed by atoms with Gasteiger partial charge in [-0.3, -0.25) is 0 Å². The fourth-order valence-electron chi connectivity index (χ4n) is 2.32. The van der Waals surface area contributed by atoms with Crippen LogP contribution < -0.4 is 11.1 Å². The Labute approximate surface area is 126 Å². The Hall–Kier alpha value is -0.780. The van der Waals surface area contributed by atoms with E-state index in [0.717, 1.165) is 5.69 Å². The third-order valence-electron chi connectivity index (χ3n) is 4.26. The number of nitrogens with two attached hydrogens (primary N) is 1. The van der Waals surface area contributed by atoms with E-state index >= 15 is 0 Å². The molecular formula is C14H22IN3. The molecule has 1 saturated carbocycles. The summed E-state index contributed by atoms with van der Waals surface area (Å²) in [4.78, 5) is 4.57. The number of nitrogens with one attached hydrogen (secondary N) is 1. The summed E-state index contributed by atoms with van der Waals surface area (Å²) in [6.45, 7) is 8.93. The summed E-state index contributed by atoms with van der Waals surface area (Å²) >= 11 is 0. The number of nitrogens with zero attached hydrogens (tertiary/aromatic N) is 1. The van der Waals surface area contributed by atoms with Crippen molar-refractivity contribution in [2.24, 2.45) is 21.6 Å². The SMILES string of the molecule is CC1(C)C(N=C(N)Nc2ccccc2)C1(C)C.I. The van der Waals surface area contributed by atoms with Crippen molar-refractivity contribution >= 4 is 35.6 Å². The Bertz CT molecular complexity index is 424. The Morgan fingerprint density at radius 1 is 1.11 bits per heavy atom. The fourth-order valence-corrected chi connectivity index (χ4v) is 2.32. The highest BCUT2D eigenvalue weighted by Crippen LogP contribution is 2.64. The van der Waals surface area contributed by atoms with Crippen LogP contribution in [0, 0.1) is 10.8 Å². The van der Waals surface area contributed by atoms with Crippen molar-refractivity contribution in [3.63, 3.8) is 0 Å². The molecule has 1 aliphatic rings. The van der Waals surface area contributed by atoms with Crippen LogP contribution in [0.5, 0.6) is 0 Å². The topological polar surface area (TPSA) is 50.4 Å². The Morgan fingerprint density at radius 2 is 1.61 bits per heavy atom. The van der Waals surface area contributed by atoms with Gasteiger partial charge in [0, 0.05) is 5.69 Å². The van der Waals surface area contributed by atoms with Crippen molar-refractivity contribution in [1.82, 2.24) is 0 Å². The van der Waals surface area contributed by atoms with E-state index in [0.29, 0.717) is 12.0 Å². The smallest absolute Gasteiger partial charge is 0.193 e. The number of aliphatic imine (C=N–C) groups is 1. The van der Waals surface area contributed by atoms with Crippen LogP contribution in [0.15, 0.2) is 35.3 Å². The molecule has 0 saturated heterocycles. The maximum Gasteiger partial charge on any atom is 0.193 e. The van der Waals surface area contributed by atoms with Gasteiger partial charge in [-0.15, -0.1) is 24.0 Å². The quantitative estimate of drug-likeness (QED) is 0.483. The lowest BCUT2D eigenvalue weighted by Gasteiger charge is -2.05. The lowest BCUT2D eigenvalue weighted by atomic mass is 10.0. The van der Waals surface area contributed by atoms with Crippen molar-refractivity contribution in [2.45, 2.75) is 33.7 Å². The number of rotatable bonds is 2. The van der Waals surface area contributed by atoms with Crippen LogP contribution in [0.25, 0.3) is 0 Å². The minimum atomic E-state index is 0. The molecule has 1 aliphatic carbocycles. The number of para-hydroxylation sites is 1. The molecule has 3 N–H and O–H groups in total. The number of benzene rings is 1. The molecule has 3 nitrogen and oxygen atoms in total. The molecule has 0 radical (unpaired) electrons. The molecule has 18 heavy (non-hydrogen) atoms. The van der Waals surface area contributed by atoms with Gasteiger partial charge in [0.1, 0.15) is 0 Å². The molecule has 1 aromatic carbocycles. The second-order valence-electron chi connectivity index (χ2n) is 5.85. The summed E-state index contributed by atoms with van der Waals surface area (Å²) in [6, 6.07) is 10.2. The molecule has 0 aromatic heterocycles. The van der Waals surface area contributed by atoms with E-state index in [9.17, 15) is 0 Å². The van der Waals surface area contributed by atoms with Gasteiger partial charge < -0.3 is 11.1 Å². The molecule has 1 fully saturated rings. The highest BCUT2D eigenvalue weighted by Gasteiger charge is 2.65. The maximum absolute atomic E-state index is 5.93. The minimum Gasteiger partial charge on any atom is -0.370 e. The highest BCUT2D eigenvalue weighted by molar-refractivity contribution is 14.0. The molecule has 2 rings (SSSR count).